The van der Waals surface area contributed by atoms with Crippen molar-refractivity contribution in [3.05, 3.63) is 105 Å². The molecule has 4 aliphatic rings. The number of thiazole rings is 1. The fourth-order valence-corrected chi connectivity index (χ4v) is 10.7. The van der Waals surface area contributed by atoms with Crippen LogP contribution in [0.3, 0.4) is 0 Å². The smallest absolute Gasteiger partial charge is 0.305 e. The Hall–Kier alpha value is -3.42. The maximum atomic E-state index is 13.9. The molecule has 3 heterocycles. The van der Waals surface area contributed by atoms with Gasteiger partial charge in [-0.1, -0.05) is 83.6 Å². The zero-order valence-corrected chi connectivity index (χ0v) is 22.9. The second-order valence-electron chi connectivity index (χ2n) is 11.3. The summed E-state index contributed by atoms with van der Waals surface area (Å²) in [4.78, 5) is 45.8. The molecule has 2 saturated carbocycles. The number of aromatic amines is 1. The van der Waals surface area contributed by atoms with Crippen LogP contribution in [0.2, 0.25) is 0 Å². The highest BCUT2D eigenvalue weighted by molar-refractivity contribution is 8.00. The first-order valence-corrected chi connectivity index (χ1v) is 15.2. The van der Waals surface area contributed by atoms with Gasteiger partial charge in [-0.3, -0.25) is 19.3 Å². The van der Waals surface area contributed by atoms with Crippen molar-refractivity contribution in [2.24, 2.45) is 29.6 Å². The molecule has 1 saturated heterocycles. The number of anilines is 1. The van der Waals surface area contributed by atoms with Crippen molar-refractivity contribution < 1.29 is 9.59 Å². The standard InChI is InChI=1S/C32H26N2O3S2/c1-16-7-13-20(14-8-16)34-30(35)25-21-15-22(26(25)31(34)36)27-24(21)23(28-29(38-27)33-32(37)39-28)19-11-9-18(10-12-19)17-5-3-2-4-6-17/h2-14,21-27H,15H2,1H3,(H,33,37)/t21?,22?,23-,24?,25?,26?,27?/m1/s1. The minimum absolute atomic E-state index is 0.0345. The molecule has 0 radical (unpaired) electrons. The first-order chi connectivity index (χ1) is 19.0. The number of nitrogens with zero attached hydrogens (tertiary/aromatic N) is 1. The average Bonchev–Trinajstić information content (AvgIpc) is 3.69. The zero-order chi connectivity index (χ0) is 26.4. The number of fused-ring (bicyclic) bond motifs is 9. The second kappa shape index (κ2) is 8.54. The Labute approximate surface area is 234 Å². The molecule has 194 valence electrons. The molecule has 1 N–H and O–H groups in total. The van der Waals surface area contributed by atoms with Crippen LogP contribution >= 0.6 is 23.1 Å². The van der Waals surface area contributed by atoms with E-state index in [1.54, 1.807) is 11.8 Å². The number of carbonyl (C=O) groups is 2. The first kappa shape index (κ1) is 23.5. The largest absolute Gasteiger partial charge is 0.307 e. The van der Waals surface area contributed by atoms with E-state index in [0.29, 0.717) is 5.69 Å². The van der Waals surface area contributed by atoms with Gasteiger partial charge in [-0.25, -0.2) is 0 Å². The molecule has 7 atom stereocenters. The number of benzene rings is 3. The van der Waals surface area contributed by atoms with E-state index in [1.165, 1.54) is 27.4 Å². The van der Waals surface area contributed by atoms with Gasteiger partial charge < -0.3 is 4.98 Å². The summed E-state index contributed by atoms with van der Waals surface area (Å²) in [6, 6.07) is 26.7. The Bertz CT molecular complexity index is 1680. The lowest BCUT2D eigenvalue weighted by atomic mass is 9.68. The number of imide groups is 1. The molecule has 0 spiro atoms. The predicted molar refractivity (Wildman–Crippen MR) is 154 cm³/mol. The second-order valence-corrected chi connectivity index (χ2v) is 13.5. The number of thioether (sulfide) groups is 1. The van der Waals surface area contributed by atoms with E-state index in [4.69, 9.17) is 0 Å². The van der Waals surface area contributed by atoms with Gasteiger partial charge in [0.05, 0.1) is 22.5 Å². The Morgan fingerprint density at radius 3 is 2.18 bits per heavy atom. The molecule has 2 aliphatic heterocycles. The Morgan fingerprint density at radius 1 is 0.795 bits per heavy atom. The Kier molecular flexibility index (Phi) is 5.14. The van der Waals surface area contributed by atoms with Gasteiger partial charge in [0, 0.05) is 16.0 Å². The molecule has 1 aromatic heterocycles. The molecule has 5 nitrogen and oxygen atoms in total. The van der Waals surface area contributed by atoms with Crippen molar-refractivity contribution in [1.29, 1.82) is 0 Å². The van der Waals surface area contributed by atoms with Gasteiger partial charge in [-0.15, -0.1) is 11.8 Å². The number of hydrogen-bond acceptors (Lipinski definition) is 5. The van der Waals surface area contributed by atoms with E-state index in [1.807, 2.05) is 49.4 Å². The van der Waals surface area contributed by atoms with Gasteiger partial charge in [0.1, 0.15) is 0 Å². The van der Waals surface area contributed by atoms with Crippen LogP contribution in [0.1, 0.15) is 28.3 Å². The van der Waals surface area contributed by atoms with Crippen LogP contribution in [0.4, 0.5) is 5.69 Å². The lowest BCUT2D eigenvalue weighted by Gasteiger charge is -2.43. The number of nitrogens with one attached hydrogen (secondary N) is 1. The van der Waals surface area contributed by atoms with E-state index >= 15 is 0 Å². The monoisotopic (exact) mass is 550 g/mol. The number of carbonyl (C=O) groups excluding carboxylic acids is 2. The summed E-state index contributed by atoms with van der Waals surface area (Å²) in [5, 5.41) is 1.14. The summed E-state index contributed by atoms with van der Waals surface area (Å²) < 4.78 is 0. The van der Waals surface area contributed by atoms with Gasteiger partial charge in [-0.05, 0) is 59.9 Å². The SMILES string of the molecule is Cc1ccc(N2C(=O)C3C4CC(C3C2=O)C2C4Sc3[nH]c(=O)sc3[C@@H]2c2ccc(-c3ccccc3)cc2)cc1. The normalized spacial score (nSPS) is 30.4. The minimum Gasteiger partial charge on any atom is -0.307 e. The summed E-state index contributed by atoms with van der Waals surface area (Å²) in [5.41, 5.74) is 5.28. The van der Waals surface area contributed by atoms with Gasteiger partial charge in [0.25, 0.3) is 0 Å². The third kappa shape index (κ3) is 3.36. The molecule has 2 amide bonds. The summed E-state index contributed by atoms with van der Waals surface area (Å²) in [5.74, 6) is -0.160. The number of amides is 2. The van der Waals surface area contributed by atoms with Gasteiger partial charge in [0.2, 0.25) is 11.8 Å². The minimum atomic E-state index is -0.283. The number of aryl methyl sites for hydroxylation is 1. The number of hydrogen-bond donors (Lipinski definition) is 1. The van der Waals surface area contributed by atoms with Crippen molar-refractivity contribution in [3.8, 4) is 11.1 Å². The highest BCUT2D eigenvalue weighted by atomic mass is 32.2. The summed E-state index contributed by atoms with van der Waals surface area (Å²) in [7, 11) is 0. The highest BCUT2D eigenvalue weighted by Crippen LogP contribution is 2.68. The van der Waals surface area contributed by atoms with E-state index in [2.05, 4.69) is 41.4 Å². The predicted octanol–water partition coefficient (Wildman–Crippen LogP) is 6.09. The zero-order valence-electron chi connectivity index (χ0n) is 21.2. The molecule has 6 unspecified atom stereocenters. The fourth-order valence-electron chi connectivity index (χ4n) is 7.85. The third-order valence-electron chi connectivity index (χ3n) is 9.39. The maximum Gasteiger partial charge on any atom is 0.305 e. The lowest BCUT2D eigenvalue weighted by Crippen LogP contribution is -2.42. The van der Waals surface area contributed by atoms with Gasteiger partial charge in [-0.2, -0.15) is 0 Å². The van der Waals surface area contributed by atoms with Crippen LogP contribution < -0.4 is 9.77 Å². The van der Waals surface area contributed by atoms with Crippen molar-refractivity contribution in [2.45, 2.75) is 29.5 Å². The van der Waals surface area contributed by atoms with E-state index in [0.717, 1.165) is 27.5 Å². The van der Waals surface area contributed by atoms with Crippen LogP contribution in [0.5, 0.6) is 0 Å². The molecule has 8 rings (SSSR count). The van der Waals surface area contributed by atoms with Crippen LogP contribution in [0, 0.1) is 36.5 Å². The third-order valence-corrected chi connectivity index (χ3v) is 12.0. The summed E-state index contributed by atoms with van der Waals surface area (Å²) in [6.45, 7) is 2.00. The lowest BCUT2D eigenvalue weighted by molar-refractivity contribution is -0.123. The first-order valence-electron chi connectivity index (χ1n) is 13.5. The van der Waals surface area contributed by atoms with E-state index in [9.17, 15) is 14.4 Å². The Morgan fingerprint density at radius 2 is 1.46 bits per heavy atom. The molecule has 2 bridgehead atoms. The van der Waals surface area contributed by atoms with Crippen molar-refractivity contribution in [2.75, 3.05) is 4.90 Å². The number of aromatic nitrogens is 1. The highest BCUT2D eigenvalue weighted by Gasteiger charge is 2.69. The van der Waals surface area contributed by atoms with Crippen LogP contribution in [0.15, 0.2) is 88.7 Å². The van der Waals surface area contributed by atoms with Crippen LogP contribution in [-0.2, 0) is 9.59 Å². The van der Waals surface area contributed by atoms with Crippen molar-refractivity contribution >= 4 is 40.6 Å². The molecule has 3 aromatic carbocycles. The van der Waals surface area contributed by atoms with Crippen LogP contribution in [-0.4, -0.2) is 22.0 Å². The topological polar surface area (TPSA) is 70.2 Å². The van der Waals surface area contributed by atoms with Crippen molar-refractivity contribution in [1.82, 2.24) is 4.98 Å². The average molecular weight is 551 g/mol. The molecule has 2 aliphatic carbocycles. The Balaban J connectivity index is 1.19. The van der Waals surface area contributed by atoms with E-state index < -0.39 is 0 Å². The van der Waals surface area contributed by atoms with Gasteiger partial charge >= 0.3 is 4.87 Å². The van der Waals surface area contributed by atoms with E-state index in [-0.39, 0.29) is 57.4 Å². The molecular formula is C32H26N2O3S2. The van der Waals surface area contributed by atoms with Gasteiger partial charge in [0.15, 0.2) is 0 Å². The summed E-state index contributed by atoms with van der Waals surface area (Å²) in [6.07, 6.45) is 0.897. The quantitative estimate of drug-likeness (QED) is 0.314. The molecular weight excluding hydrogens is 524 g/mol. The molecule has 39 heavy (non-hydrogen) atoms. The maximum absolute atomic E-state index is 13.9. The molecule has 3 fully saturated rings. The number of H-pyrrole nitrogens is 1. The summed E-state index contributed by atoms with van der Waals surface area (Å²) >= 11 is 3.04. The fraction of sp³-hybridized carbons (Fsp3) is 0.281. The van der Waals surface area contributed by atoms with Crippen LogP contribution in [0.25, 0.3) is 11.1 Å². The molecule has 7 heteroatoms. The molecule has 4 aromatic rings. The van der Waals surface area contributed by atoms with Crippen molar-refractivity contribution in [3.63, 3.8) is 0 Å². The number of rotatable bonds is 3.